The average Bonchev–Trinajstić information content (AvgIpc) is 2.63. The molecule has 0 heterocycles. The van der Waals surface area contributed by atoms with Crippen molar-refractivity contribution < 1.29 is 17.9 Å². The predicted molar refractivity (Wildman–Crippen MR) is 58.9 cm³/mol. The van der Waals surface area contributed by atoms with Gasteiger partial charge in [0.15, 0.2) is 0 Å². The molecule has 0 amide bonds. The lowest BCUT2D eigenvalue weighted by atomic mass is 10.1. The van der Waals surface area contributed by atoms with Crippen molar-refractivity contribution >= 4 is 0 Å². The Bertz CT molecular complexity index is 386. The summed E-state index contributed by atoms with van der Waals surface area (Å²) >= 11 is 0. The zero-order valence-corrected chi connectivity index (χ0v) is 9.63. The zero-order valence-electron chi connectivity index (χ0n) is 9.63. The van der Waals surface area contributed by atoms with Crippen LogP contribution in [0.25, 0.3) is 0 Å². The summed E-state index contributed by atoms with van der Waals surface area (Å²) in [6.45, 7) is 2.13. The first-order valence-electron chi connectivity index (χ1n) is 5.79. The van der Waals surface area contributed by atoms with E-state index >= 15 is 0 Å². The van der Waals surface area contributed by atoms with Crippen molar-refractivity contribution in [3.8, 4) is 5.75 Å². The Morgan fingerprint density at radius 2 is 2.00 bits per heavy atom. The van der Waals surface area contributed by atoms with Gasteiger partial charge < -0.3 is 4.74 Å². The third kappa shape index (κ3) is 3.14. The molecule has 0 radical (unpaired) electrons. The van der Waals surface area contributed by atoms with Crippen molar-refractivity contribution in [1.82, 2.24) is 0 Å². The second-order valence-corrected chi connectivity index (χ2v) is 4.68. The summed E-state index contributed by atoms with van der Waals surface area (Å²) in [4.78, 5) is 0. The number of rotatable bonds is 2. The van der Waals surface area contributed by atoms with Crippen LogP contribution in [0.2, 0.25) is 0 Å². The first-order valence-corrected chi connectivity index (χ1v) is 5.79. The van der Waals surface area contributed by atoms with E-state index in [1.165, 1.54) is 6.07 Å². The standard InChI is InChI=1S/C13H15F3O/c1-9-5-6-12(7-9)17-11-4-2-3-10(8-11)13(14,15)16/h2-4,8-9,12H,5-7H2,1H3/t9-,12-/m1/s1. The molecule has 2 atom stereocenters. The van der Waals surface area contributed by atoms with Crippen molar-refractivity contribution in [1.29, 1.82) is 0 Å². The maximum absolute atomic E-state index is 12.5. The van der Waals surface area contributed by atoms with Crippen molar-refractivity contribution in [2.75, 3.05) is 0 Å². The number of halogens is 3. The number of alkyl halides is 3. The quantitative estimate of drug-likeness (QED) is 0.754. The molecule has 1 saturated carbocycles. The summed E-state index contributed by atoms with van der Waals surface area (Å²) in [5.74, 6) is 0.921. The fourth-order valence-corrected chi connectivity index (χ4v) is 2.20. The summed E-state index contributed by atoms with van der Waals surface area (Å²) in [6.07, 6.45) is -1.30. The van der Waals surface area contributed by atoms with E-state index < -0.39 is 11.7 Å². The van der Waals surface area contributed by atoms with E-state index in [0.717, 1.165) is 31.4 Å². The van der Waals surface area contributed by atoms with Gasteiger partial charge in [-0.3, -0.25) is 0 Å². The van der Waals surface area contributed by atoms with Gasteiger partial charge in [-0.15, -0.1) is 0 Å². The fraction of sp³-hybridized carbons (Fsp3) is 0.538. The Morgan fingerprint density at radius 3 is 2.59 bits per heavy atom. The minimum Gasteiger partial charge on any atom is -0.490 e. The summed E-state index contributed by atoms with van der Waals surface area (Å²) in [5.41, 5.74) is -0.652. The Kier molecular flexibility index (Phi) is 3.31. The number of hydrogen-bond donors (Lipinski definition) is 0. The van der Waals surface area contributed by atoms with E-state index in [1.807, 2.05) is 0 Å². The number of hydrogen-bond acceptors (Lipinski definition) is 1. The highest BCUT2D eigenvalue weighted by Gasteiger charge is 2.31. The molecule has 1 aliphatic carbocycles. The highest BCUT2D eigenvalue weighted by atomic mass is 19.4. The van der Waals surface area contributed by atoms with Crippen LogP contribution in [-0.4, -0.2) is 6.10 Å². The summed E-state index contributed by atoms with van der Waals surface area (Å²) in [6, 6.07) is 5.10. The molecule has 0 N–H and O–H groups in total. The minimum absolute atomic E-state index is 0.0634. The zero-order chi connectivity index (χ0) is 12.5. The van der Waals surface area contributed by atoms with E-state index in [-0.39, 0.29) is 6.10 Å². The van der Waals surface area contributed by atoms with E-state index in [2.05, 4.69) is 6.92 Å². The molecule has 4 heteroatoms. The SMILES string of the molecule is C[C@@H]1CC[C@@H](Oc2cccc(C(F)(F)F)c2)C1. The fourth-order valence-electron chi connectivity index (χ4n) is 2.20. The van der Waals surface area contributed by atoms with Crippen LogP contribution in [0.15, 0.2) is 24.3 Å². The van der Waals surface area contributed by atoms with Gasteiger partial charge in [-0.2, -0.15) is 13.2 Å². The molecule has 0 bridgehead atoms. The molecule has 0 aromatic heterocycles. The Labute approximate surface area is 98.6 Å². The maximum Gasteiger partial charge on any atom is 0.416 e. The molecule has 94 valence electrons. The van der Waals surface area contributed by atoms with Crippen LogP contribution in [0.1, 0.15) is 31.7 Å². The van der Waals surface area contributed by atoms with E-state index in [0.29, 0.717) is 11.7 Å². The van der Waals surface area contributed by atoms with E-state index in [9.17, 15) is 13.2 Å². The molecular formula is C13H15F3O. The first kappa shape index (κ1) is 12.3. The molecule has 0 aliphatic heterocycles. The largest absolute Gasteiger partial charge is 0.490 e. The second kappa shape index (κ2) is 4.59. The van der Waals surface area contributed by atoms with Crippen LogP contribution in [0.5, 0.6) is 5.75 Å². The van der Waals surface area contributed by atoms with E-state index in [1.54, 1.807) is 6.07 Å². The molecule has 1 aliphatic rings. The lowest BCUT2D eigenvalue weighted by molar-refractivity contribution is -0.137. The predicted octanol–water partition coefficient (Wildman–Crippen LogP) is 4.27. The van der Waals surface area contributed by atoms with Gasteiger partial charge in [0.05, 0.1) is 11.7 Å². The van der Waals surface area contributed by atoms with E-state index in [4.69, 9.17) is 4.74 Å². The Morgan fingerprint density at radius 1 is 1.24 bits per heavy atom. The molecule has 1 nitrogen and oxygen atoms in total. The monoisotopic (exact) mass is 244 g/mol. The molecule has 2 rings (SSSR count). The van der Waals surface area contributed by atoms with Crippen LogP contribution in [0.4, 0.5) is 13.2 Å². The third-order valence-corrected chi connectivity index (χ3v) is 3.11. The molecule has 0 unspecified atom stereocenters. The number of ether oxygens (including phenoxy) is 1. The topological polar surface area (TPSA) is 9.23 Å². The lowest BCUT2D eigenvalue weighted by Gasteiger charge is -2.15. The smallest absolute Gasteiger partial charge is 0.416 e. The average molecular weight is 244 g/mol. The molecule has 1 aromatic rings. The molecule has 1 aromatic carbocycles. The normalized spacial score (nSPS) is 24.9. The molecule has 0 spiro atoms. The van der Waals surface area contributed by atoms with Gasteiger partial charge >= 0.3 is 6.18 Å². The Balaban J connectivity index is 2.06. The van der Waals surface area contributed by atoms with Crippen LogP contribution in [0.3, 0.4) is 0 Å². The molecule has 17 heavy (non-hydrogen) atoms. The highest BCUT2D eigenvalue weighted by Crippen LogP contribution is 2.33. The van der Waals surface area contributed by atoms with Crippen molar-refractivity contribution in [3.63, 3.8) is 0 Å². The lowest BCUT2D eigenvalue weighted by Crippen LogP contribution is -2.12. The van der Waals surface area contributed by atoms with Crippen LogP contribution in [0, 0.1) is 5.92 Å². The van der Waals surface area contributed by atoms with Gasteiger partial charge in [0, 0.05) is 0 Å². The minimum atomic E-state index is -4.30. The van der Waals surface area contributed by atoms with Gasteiger partial charge in [0.2, 0.25) is 0 Å². The van der Waals surface area contributed by atoms with Gasteiger partial charge in [0.25, 0.3) is 0 Å². The maximum atomic E-state index is 12.5. The van der Waals surface area contributed by atoms with Crippen molar-refractivity contribution in [3.05, 3.63) is 29.8 Å². The van der Waals surface area contributed by atoms with Crippen LogP contribution >= 0.6 is 0 Å². The molecule has 0 saturated heterocycles. The van der Waals surface area contributed by atoms with Crippen LogP contribution in [-0.2, 0) is 6.18 Å². The van der Waals surface area contributed by atoms with Crippen molar-refractivity contribution in [2.45, 2.75) is 38.5 Å². The van der Waals surface area contributed by atoms with Gasteiger partial charge in [-0.25, -0.2) is 0 Å². The highest BCUT2D eigenvalue weighted by molar-refractivity contribution is 5.30. The molecule has 1 fully saturated rings. The van der Waals surface area contributed by atoms with Crippen LogP contribution < -0.4 is 4.74 Å². The van der Waals surface area contributed by atoms with Gasteiger partial charge in [-0.05, 0) is 43.4 Å². The third-order valence-electron chi connectivity index (χ3n) is 3.11. The summed E-state index contributed by atoms with van der Waals surface area (Å²) in [7, 11) is 0. The van der Waals surface area contributed by atoms with Gasteiger partial charge in [0.1, 0.15) is 5.75 Å². The Hall–Kier alpha value is -1.19. The van der Waals surface area contributed by atoms with Crippen molar-refractivity contribution in [2.24, 2.45) is 5.92 Å². The first-order chi connectivity index (χ1) is 7.95. The summed E-state index contributed by atoms with van der Waals surface area (Å²) < 4.78 is 43.0. The summed E-state index contributed by atoms with van der Waals surface area (Å²) in [5, 5.41) is 0. The second-order valence-electron chi connectivity index (χ2n) is 4.68. The van der Waals surface area contributed by atoms with Gasteiger partial charge in [-0.1, -0.05) is 13.0 Å². The molecular weight excluding hydrogens is 229 g/mol. The number of benzene rings is 1.